The number of hydrogen-bond donors (Lipinski definition) is 0. The number of hydrogen-bond acceptors (Lipinski definition) is 0. The number of fused-ring (bicyclic) bond motifs is 3. The maximum absolute atomic E-state index is 2.49. The number of rotatable bonds is 2. The Kier molecular flexibility index (Phi) is 4.29. The summed E-state index contributed by atoms with van der Waals surface area (Å²) in [7, 11) is 0. The maximum atomic E-state index is 2.49. The fourth-order valence-corrected chi connectivity index (χ4v) is 18.9. The van der Waals surface area contributed by atoms with Crippen LogP contribution in [0.15, 0.2) is 70.1 Å². The molecule has 0 aromatic heterocycles. The Balaban J connectivity index is 1.74. The molecule has 1 saturated carbocycles. The molecule has 0 N–H and O–H groups in total. The summed E-state index contributed by atoms with van der Waals surface area (Å²) < 4.78 is 4.58. The first-order valence-electron chi connectivity index (χ1n) is 9.69. The molecule has 3 aliphatic rings. The first-order valence-corrected chi connectivity index (χ1v) is 15.4. The van der Waals surface area contributed by atoms with Crippen molar-refractivity contribution < 1.29 is 21.0 Å². The molecule has 0 radical (unpaired) electrons. The van der Waals surface area contributed by atoms with Crippen LogP contribution in [0.1, 0.15) is 53.3 Å². The van der Waals surface area contributed by atoms with Crippen LogP contribution in [0.2, 0.25) is 0 Å². The molecule has 0 bridgehead atoms. The van der Waals surface area contributed by atoms with E-state index in [9.17, 15) is 0 Å². The topological polar surface area (TPSA) is 0 Å². The molecule has 0 saturated heterocycles. The van der Waals surface area contributed by atoms with Crippen molar-refractivity contribution in [1.29, 1.82) is 0 Å². The molecule has 0 unspecified atom stereocenters. The summed E-state index contributed by atoms with van der Waals surface area (Å²) in [6, 6.07) is 18.5. The van der Waals surface area contributed by atoms with Gasteiger partial charge in [0.1, 0.15) is 0 Å². The molecule has 0 heterocycles. The van der Waals surface area contributed by atoms with Gasteiger partial charge in [0.15, 0.2) is 0 Å². The Morgan fingerprint density at radius 3 is 2.00 bits per heavy atom. The van der Waals surface area contributed by atoms with Crippen molar-refractivity contribution in [1.82, 2.24) is 0 Å². The minimum atomic E-state index is -2.12. The van der Waals surface area contributed by atoms with Gasteiger partial charge in [0, 0.05) is 0 Å². The normalized spacial score (nSPS) is 18.9. The number of benzene rings is 2. The van der Waals surface area contributed by atoms with Crippen molar-refractivity contribution in [3.8, 4) is 11.1 Å². The van der Waals surface area contributed by atoms with Gasteiger partial charge in [-0.1, -0.05) is 0 Å². The summed E-state index contributed by atoms with van der Waals surface area (Å²) in [5.41, 5.74) is 6.29. The van der Waals surface area contributed by atoms with Crippen LogP contribution in [-0.4, -0.2) is 3.26 Å². The van der Waals surface area contributed by atoms with E-state index < -0.39 is 21.0 Å². The monoisotopic (exact) mass is 492 g/mol. The molecule has 5 rings (SSSR count). The van der Waals surface area contributed by atoms with Gasteiger partial charge in [-0.3, -0.25) is 0 Å². The molecule has 124 valence electrons. The van der Waals surface area contributed by atoms with Crippen molar-refractivity contribution in [3.05, 3.63) is 81.2 Å². The van der Waals surface area contributed by atoms with E-state index in [0.717, 1.165) is 3.67 Å². The second-order valence-corrected chi connectivity index (χ2v) is 17.4. The van der Waals surface area contributed by atoms with Gasteiger partial charge in [0.05, 0.1) is 0 Å². The molecule has 0 amide bonds. The van der Waals surface area contributed by atoms with Crippen molar-refractivity contribution >= 4 is 3.26 Å². The zero-order chi connectivity index (χ0) is 16.6. The third kappa shape index (κ3) is 2.72. The molecule has 2 aromatic carbocycles. The van der Waals surface area contributed by atoms with Gasteiger partial charge in [0.2, 0.25) is 0 Å². The summed E-state index contributed by atoms with van der Waals surface area (Å²) >= 11 is -2.12. The van der Waals surface area contributed by atoms with Crippen LogP contribution in [0.5, 0.6) is 0 Å². The van der Waals surface area contributed by atoms with Crippen molar-refractivity contribution in [2.24, 2.45) is 0 Å². The van der Waals surface area contributed by atoms with Crippen molar-refractivity contribution in [3.63, 3.8) is 0 Å². The van der Waals surface area contributed by atoms with E-state index >= 15 is 0 Å². The molecular weight excluding hydrogens is 467 g/mol. The van der Waals surface area contributed by atoms with Gasteiger partial charge in [-0.15, -0.1) is 0 Å². The molecule has 25 heavy (non-hydrogen) atoms. The molecule has 1 heteroatoms. The Morgan fingerprint density at radius 2 is 1.40 bits per heavy atom. The van der Waals surface area contributed by atoms with E-state index in [1.807, 2.05) is 6.58 Å². The quantitative estimate of drug-likeness (QED) is 0.430. The SMILES string of the molecule is C1=CC[C]([Hf](=[C]2CCCCC2)[CH]2c3ccccc3-c3ccccc32)=C1. The molecule has 1 fully saturated rings. The van der Waals surface area contributed by atoms with Gasteiger partial charge in [-0.2, -0.15) is 0 Å². The van der Waals surface area contributed by atoms with Crippen LogP contribution in [0, 0.1) is 0 Å². The summed E-state index contributed by atoms with van der Waals surface area (Å²) in [6.45, 7) is 0. The Morgan fingerprint density at radius 1 is 0.760 bits per heavy atom. The zero-order valence-electron chi connectivity index (χ0n) is 14.7. The fraction of sp³-hybridized carbons (Fsp3) is 0.292. The first kappa shape index (κ1) is 15.9. The molecule has 0 spiro atoms. The van der Waals surface area contributed by atoms with E-state index in [2.05, 4.69) is 66.8 Å². The van der Waals surface area contributed by atoms with E-state index in [1.165, 1.54) is 49.7 Å². The van der Waals surface area contributed by atoms with Crippen LogP contribution in [-0.2, 0) is 21.0 Å². The fourth-order valence-electron chi connectivity index (χ4n) is 4.98. The van der Waals surface area contributed by atoms with Crippen LogP contribution in [0.25, 0.3) is 11.1 Å². The Labute approximate surface area is 158 Å². The minimum absolute atomic E-state index is 0.719. The second-order valence-electron chi connectivity index (χ2n) is 7.51. The van der Waals surface area contributed by atoms with E-state index in [-0.39, 0.29) is 0 Å². The number of allylic oxidation sites excluding steroid dienone is 4. The van der Waals surface area contributed by atoms with Gasteiger partial charge in [0.25, 0.3) is 0 Å². The molecule has 3 aliphatic carbocycles. The van der Waals surface area contributed by atoms with Crippen LogP contribution in [0.4, 0.5) is 0 Å². The Hall–Kier alpha value is -1.34. The second kappa shape index (κ2) is 6.76. The average molecular weight is 491 g/mol. The van der Waals surface area contributed by atoms with E-state index in [0.29, 0.717) is 0 Å². The summed E-state index contributed by atoms with van der Waals surface area (Å²) in [5, 5.41) is 0. The van der Waals surface area contributed by atoms with Gasteiger partial charge >= 0.3 is 159 Å². The zero-order valence-corrected chi connectivity index (χ0v) is 18.3. The summed E-state index contributed by atoms with van der Waals surface area (Å²) in [6.07, 6.45) is 15.6. The third-order valence-corrected chi connectivity index (χ3v) is 18.7. The Bertz CT molecular complexity index is 860. The van der Waals surface area contributed by atoms with Crippen LogP contribution < -0.4 is 0 Å². The molecule has 0 atom stereocenters. The van der Waals surface area contributed by atoms with Gasteiger partial charge < -0.3 is 0 Å². The van der Waals surface area contributed by atoms with Gasteiger partial charge in [-0.05, 0) is 0 Å². The van der Waals surface area contributed by atoms with Crippen LogP contribution in [0.3, 0.4) is 0 Å². The summed E-state index contributed by atoms with van der Waals surface area (Å²) in [5.74, 6) is 0. The van der Waals surface area contributed by atoms with E-state index in [4.69, 9.17) is 0 Å². The van der Waals surface area contributed by atoms with Crippen LogP contribution >= 0.6 is 0 Å². The predicted octanol–water partition coefficient (Wildman–Crippen LogP) is 6.35. The van der Waals surface area contributed by atoms with Crippen molar-refractivity contribution in [2.75, 3.05) is 0 Å². The summed E-state index contributed by atoms with van der Waals surface area (Å²) in [4.78, 5) is 0. The van der Waals surface area contributed by atoms with Crippen molar-refractivity contribution in [2.45, 2.75) is 42.2 Å². The molecule has 0 aliphatic heterocycles. The molecule has 2 aromatic rings. The third-order valence-electron chi connectivity index (χ3n) is 6.08. The average Bonchev–Trinajstić information content (AvgIpc) is 3.31. The van der Waals surface area contributed by atoms with Gasteiger partial charge in [-0.25, -0.2) is 0 Å². The van der Waals surface area contributed by atoms with E-state index in [1.54, 1.807) is 11.1 Å². The first-order chi connectivity index (χ1) is 12.4. The standard InChI is InChI=1S/C13H9.C6H10.C5H5.Hf/c1-3-7-12-10(5-1)9-11-6-2-4-8-13(11)12;1-2-4-6-5-3-1;1-2-4-5-3-1;/h1-9H;1-5H2;1-3H,4H2;. The predicted molar refractivity (Wildman–Crippen MR) is 104 cm³/mol. The molecule has 0 nitrogen and oxygen atoms in total. The molecular formula is C24H24Hf.